The number of nitrogen functional groups attached to an aromatic ring is 1. The highest BCUT2D eigenvalue weighted by molar-refractivity contribution is 7.12. The molecule has 178 valence electrons. The number of nitrogens with one attached hydrogen (secondary N) is 3. The third kappa shape index (κ3) is 4.82. The van der Waals surface area contributed by atoms with E-state index in [1.165, 1.54) is 28.0 Å². The fraction of sp³-hybridized carbons (Fsp3) is 0.174. The number of benzene rings is 1. The number of fused-ring (bicyclic) bond motifs is 1. The summed E-state index contributed by atoms with van der Waals surface area (Å²) in [5.41, 5.74) is 8.43. The van der Waals surface area contributed by atoms with Crippen LogP contribution in [-0.4, -0.2) is 44.9 Å². The number of thiophene rings is 1. The van der Waals surface area contributed by atoms with E-state index in [9.17, 15) is 18.8 Å². The molecule has 3 amide bonds. The minimum absolute atomic E-state index is 0.0140. The number of carbonyl (C=O) groups is 3. The molecule has 4 aromatic rings. The molecule has 1 aliphatic heterocycles. The van der Waals surface area contributed by atoms with Crippen LogP contribution in [0.1, 0.15) is 32.0 Å². The number of carbonyl (C=O) groups excluding carboxylic acids is 3. The fourth-order valence-corrected chi connectivity index (χ4v) is 4.61. The first-order chi connectivity index (χ1) is 16.9. The first kappa shape index (κ1) is 22.5. The molecule has 1 aromatic carbocycles. The van der Waals surface area contributed by atoms with Gasteiger partial charge >= 0.3 is 0 Å². The molecule has 3 aromatic heterocycles. The molecule has 12 heteroatoms. The molecule has 5 rings (SSSR count). The van der Waals surface area contributed by atoms with Gasteiger partial charge in [-0.15, -0.1) is 16.4 Å². The summed E-state index contributed by atoms with van der Waals surface area (Å²) in [6.45, 7) is 0.621. The maximum atomic E-state index is 13.1. The summed E-state index contributed by atoms with van der Waals surface area (Å²) in [6, 6.07) is 8.95. The van der Waals surface area contributed by atoms with Gasteiger partial charge in [-0.05, 0) is 40.8 Å². The van der Waals surface area contributed by atoms with Crippen LogP contribution in [-0.2, 0) is 11.3 Å². The SMILES string of the molecule is Nc1nc2c(C(=O)NC3CNC(=O)C3)cc(-c3csc(C(=O)NCc4ccc(F)cc4)c3)cn2n1. The van der Waals surface area contributed by atoms with Crippen LogP contribution in [0, 0.1) is 5.82 Å². The number of hydrogen-bond donors (Lipinski definition) is 4. The van der Waals surface area contributed by atoms with Gasteiger partial charge in [-0.1, -0.05) is 12.1 Å². The molecule has 0 bridgehead atoms. The normalized spacial score (nSPS) is 15.2. The van der Waals surface area contributed by atoms with Gasteiger partial charge in [-0.25, -0.2) is 8.91 Å². The molecule has 5 N–H and O–H groups in total. The number of nitrogens with two attached hydrogens (primary N) is 1. The highest BCUT2D eigenvalue weighted by Crippen LogP contribution is 2.28. The summed E-state index contributed by atoms with van der Waals surface area (Å²) in [5.74, 6) is -1.12. The molecule has 10 nitrogen and oxygen atoms in total. The van der Waals surface area contributed by atoms with Crippen LogP contribution in [0.5, 0.6) is 0 Å². The molecule has 0 aliphatic carbocycles. The maximum Gasteiger partial charge on any atom is 0.261 e. The summed E-state index contributed by atoms with van der Waals surface area (Å²) in [5, 5.41) is 14.3. The van der Waals surface area contributed by atoms with Crippen molar-refractivity contribution in [2.45, 2.75) is 19.0 Å². The second kappa shape index (κ2) is 9.14. The minimum Gasteiger partial charge on any atom is -0.366 e. The van der Waals surface area contributed by atoms with Crippen molar-refractivity contribution >= 4 is 40.7 Å². The Bertz CT molecular complexity index is 1450. The number of pyridine rings is 1. The van der Waals surface area contributed by atoms with Crippen molar-refractivity contribution in [1.29, 1.82) is 0 Å². The number of anilines is 1. The van der Waals surface area contributed by atoms with Crippen molar-refractivity contribution in [3.05, 3.63) is 69.8 Å². The Morgan fingerprint density at radius 3 is 2.74 bits per heavy atom. The first-order valence-electron chi connectivity index (χ1n) is 10.7. The Labute approximate surface area is 202 Å². The van der Waals surface area contributed by atoms with E-state index in [0.29, 0.717) is 22.5 Å². The predicted molar refractivity (Wildman–Crippen MR) is 127 cm³/mol. The van der Waals surface area contributed by atoms with Gasteiger partial charge in [0.1, 0.15) is 5.82 Å². The van der Waals surface area contributed by atoms with E-state index in [2.05, 4.69) is 26.0 Å². The van der Waals surface area contributed by atoms with E-state index in [0.717, 1.165) is 5.56 Å². The highest BCUT2D eigenvalue weighted by Gasteiger charge is 2.25. The zero-order valence-corrected chi connectivity index (χ0v) is 19.1. The van der Waals surface area contributed by atoms with E-state index in [1.807, 2.05) is 0 Å². The van der Waals surface area contributed by atoms with Gasteiger partial charge in [0.2, 0.25) is 11.9 Å². The van der Waals surface area contributed by atoms with Crippen LogP contribution in [0.3, 0.4) is 0 Å². The van der Waals surface area contributed by atoms with E-state index in [1.54, 1.807) is 35.8 Å². The number of rotatable bonds is 6. The van der Waals surface area contributed by atoms with E-state index < -0.39 is 5.91 Å². The molecular weight excluding hydrogens is 473 g/mol. The van der Waals surface area contributed by atoms with Crippen molar-refractivity contribution < 1.29 is 18.8 Å². The highest BCUT2D eigenvalue weighted by atomic mass is 32.1. The second-order valence-corrected chi connectivity index (χ2v) is 8.98. The zero-order chi connectivity index (χ0) is 24.5. The van der Waals surface area contributed by atoms with Crippen LogP contribution >= 0.6 is 11.3 Å². The number of halogens is 1. The van der Waals surface area contributed by atoms with Gasteiger partial charge in [0, 0.05) is 31.3 Å². The zero-order valence-electron chi connectivity index (χ0n) is 18.2. The molecule has 1 saturated heterocycles. The molecule has 1 fully saturated rings. The van der Waals surface area contributed by atoms with Gasteiger partial charge in [0.15, 0.2) is 5.65 Å². The Morgan fingerprint density at radius 1 is 1.20 bits per heavy atom. The largest absolute Gasteiger partial charge is 0.366 e. The Balaban J connectivity index is 1.37. The topological polar surface area (TPSA) is 144 Å². The van der Waals surface area contributed by atoms with Crippen molar-refractivity contribution in [3.8, 4) is 11.1 Å². The summed E-state index contributed by atoms with van der Waals surface area (Å²) in [4.78, 5) is 41.7. The third-order valence-electron chi connectivity index (χ3n) is 5.53. The molecule has 0 radical (unpaired) electrons. The van der Waals surface area contributed by atoms with Crippen LogP contribution in [0.25, 0.3) is 16.8 Å². The van der Waals surface area contributed by atoms with Gasteiger partial charge in [-0.3, -0.25) is 14.4 Å². The predicted octanol–water partition coefficient (Wildman–Crippen LogP) is 1.73. The maximum absolute atomic E-state index is 13.1. The van der Waals surface area contributed by atoms with Crippen molar-refractivity contribution in [3.63, 3.8) is 0 Å². The number of amides is 3. The monoisotopic (exact) mass is 493 g/mol. The van der Waals surface area contributed by atoms with Crippen LogP contribution in [0.15, 0.2) is 48.0 Å². The van der Waals surface area contributed by atoms with Crippen molar-refractivity contribution in [2.24, 2.45) is 0 Å². The average molecular weight is 494 g/mol. The van der Waals surface area contributed by atoms with Gasteiger partial charge < -0.3 is 21.7 Å². The van der Waals surface area contributed by atoms with E-state index in [-0.39, 0.29) is 53.8 Å². The minimum atomic E-state index is -0.404. The number of hydrogen-bond acceptors (Lipinski definition) is 7. The summed E-state index contributed by atoms with van der Waals surface area (Å²) in [7, 11) is 0. The lowest BCUT2D eigenvalue weighted by Crippen LogP contribution is -2.36. The molecular formula is C23H20FN7O3S. The molecule has 0 spiro atoms. The fourth-order valence-electron chi connectivity index (χ4n) is 3.78. The molecule has 35 heavy (non-hydrogen) atoms. The smallest absolute Gasteiger partial charge is 0.261 e. The van der Waals surface area contributed by atoms with Crippen LogP contribution in [0.4, 0.5) is 10.3 Å². The number of aromatic nitrogens is 3. The van der Waals surface area contributed by atoms with E-state index in [4.69, 9.17) is 5.73 Å². The standard InChI is InChI=1S/C23H20FN7O3S/c24-15-3-1-12(2-4-15)8-27-22(34)18-6-14(11-35-18)13-5-17(20-29-23(25)30-31(20)10-13)21(33)28-16-7-19(32)26-9-16/h1-6,10-11,16H,7-9H2,(H2,25,30)(H,26,32)(H,27,34)(H,28,33). The van der Waals surface area contributed by atoms with E-state index >= 15 is 0 Å². The molecule has 1 atom stereocenters. The molecule has 1 unspecified atom stereocenters. The molecule has 4 heterocycles. The quantitative estimate of drug-likeness (QED) is 0.322. The third-order valence-corrected chi connectivity index (χ3v) is 6.46. The van der Waals surface area contributed by atoms with Gasteiger partial charge in [-0.2, -0.15) is 4.98 Å². The molecule has 1 aliphatic rings. The first-order valence-corrected chi connectivity index (χ1v) is 11.6. The average Bonchev–Trinajstić information content (AvgIpc) is 3.57. The van der Waals surface area contributed by atoms with Crippen LogP contribution in [0.2, 0.25) is 0 Å². The Morgan fingerprint density at radius 2 is 2.00 bits per heavy atom. The summed E-state index contributed by atoms with van der Waals surface area (Å²) >= 11 is 1.25. The van der Waals surface area contributed by atoms with Crippen LogP contribution < -0.4 is 21.7 Å². The lowest BCUT2D eigenvalue weighted by Gasteiger charge is -2.11. The van der Waals surface area contributed by atoms with Gasteiger partial charge in [0.05, 0.1) is 16.5 Å². The summed E-state index contributed by atoms with van der Waals surface area (Å²) < 4.78 is 14.5. The lowest BCUT2D eigenvalue weighted by atomic mass is 10.1. The van der Waals surface area contributed by atoms with Crippen molar-refractivity contribution in [2.75, 3.05) is 12.3 Å². The van der Waals surface area contributed by atoms with Crippen molar-refractivity contribution in [1.82, 2.24) is 30.5 Å². The second-order valence-electron chi connectivity index (χ2n) is 8.07. The Hall–Kier alpha value is -4.32. The number of nitrogens with zero attached hydrogens (tertiary/aromatic N) is 3. The van der Waals surface area contributed by atoms with Gasteiger partial charge in [0.25, 0.3) is 11.8 Å². The Kier molecular flexibility index (Phi) is 5.87. The molecule has 0 saturated carbocycles. The lowest BCUT2D eigenvalue weighted by molar-refractivity contribution is -0.119. The summed E-state index contributed by atoms with van der Waals surface area (Å²) in [6.07, 6.45) is 1.88.